The van der Waals surface area contributed by atoms with Crippen molar-refractivity contribution in [2.24, 2.45) is 0 Å². The van der Waals surface area contributed by atoms with Gasteiger partial charge >= 0.3 is 5.69 Å². The van der Waals surface area contributed by atoms with E-state index in [1.54, 1.807) is 19.1 Å². The van der Waals surface area contributed by atoms with Crippen LogP contribution in [0.3, 0.4) is 0 Å². The molecule has 10 heteroatoms. The summed E-state index contributed by atoms with van der Waals surface area (Å²) in [6.07, 6.45) is 1.44. The monoisotopic (exact) mass is 328 g/mol. The summed E-state index contributed by atoms with van der Waals surface area (Å²) in [4.78, 5) is 14.2. The Balaban J connectivity index is 2.36. The molecule has 0 aliphatic carbocycles. The summed E-state index contributed by atoms with van der Waals surface area (Å²) in [5, 5.41) is 13.9. The topological polar surface area (TPSA) is 114 Å². The quantitative estimate of drug-likeness (QED) is 0.621. The molecule has 2 rings (SSSR count). The lowest BCUT2D eigenvalue weighted by Crippen LogP contribution is -2.12. The lowest BCUT2D eigenvalue weighted by Gasteiger charge is -2.03. The fourth-order valence-corrected chi connectivity index (χ4v) is 3.93. The maximum Gasteiger partial charge on any atom is 0.304 e. The lowest BCUT2D eigenvalue weighted by molar-refractivity contribution is -0.383. The van der Waals surface area contributed by atoms with Crippen LogP contribution in [0.2, 0.25) is 0 Å². The number of thiophene rings is 1. The highest BCUT2D eigenvalue weighted by molar-refractivity contribution is 7.94. The Morgan fingerprint density at radius 1 is 1.43 bits per heavy atom. The van der Waals surface area contributed by atoms with Crippen LogP contribution < -0.4 is 10.0 Å². The number of rotatable bonds is 6. The molecular formula is C11H12N4O4S2. The normalized spacial score (nSPS) is 11.1. The van der Waals surface area contributed by atoms with E-state index >= 15 is 0 Å². The van der Waals surface area contributed by atoms with Crippen molar-refractivity contribution in [1.29, 1.82) is 0 Å². The van der Waals surface area contributed by atoms with Gasteiger partial charge in [0.2, 0.25) is 0 Å². The van der Waals surface area contributed by atoms with Crippen LogP contribution >= 0.6 is 11.3 Å². The van der Waals surface area contributed by atoms with Gasteiger partial charge in [0.15, 0.2) is 5.00 Å². The second-order valence-corrected chi connectivity index (χ2v) is 6.85. The van der Waals surface area contributed by atoms with Gasteiger partial charge in [-0.3, -0.25) is 14.8 Å². The third-order valence-corrected chi connectivity index (χ3v) is 5.30. The lowest BCUT2D eigenvalue weighted by atomic mass is 10.5. The van der Waals surface area contributed by atoms with E-state index in [9.17, 15) is 18.5 Å². The van der Waals surface area contributed by atoms with Crippen LogP contribution in [0.4, 0.5) is 16.5 Å². The molecule has 0 atom stereocenters. The molecule has 8 nitrogen and oxygen atoms in total. The average molecular weight is 328 g/mol. The highest BCUT2D eigenvalue weighted by Crippen LogP contribution is 2.37. The van der Waals surface area contributed by atoms with E-state index < -0.39 is 14.9 Å². The summed E-state index contributed by atoms with van der Waals surface area (Å²) < 4.78 is 26.5. The summed E-state index contributed by atoms with van der Waals surface area (Å²) in [5.41, 5.74) is -0.261. The van der Waals surface area contributed by atoms with Gasteiger partial charge in [0, 0.05) is 18.8 Å². The summed E-state index contributed by atoms with van der Waals surface area (Å²) >= 11 is 0.808. The minimum Gasteiger partial charge on any atom is -0.372 e. The van der Waals surface area contributed by atoms with Crippen LogP contribution in [0.15, 0.2) is 34.7 Å². The first kappa shape index (κ1) is 15.2. The van der Waals surface area contributed by atoms with Gasteiger partial charge in [0.25, 0.3) is 10.0 Å². The Hall–Kier alpha value is -2.20. The number of aromatic nitrogens is 1. The molecule has 2 N–H and O–H groups in total. The van der Waals surface area contributed by atoms with Gasteiger partial charge in [-0.2, -0.15) is 0 Å². The maximum atomic E-state index is 12.2. The molecule has 0 radical (unpaired) electrons. The van der Waals surface area contributed by atoms with Crippen LogP contribution in [0, 0.1) is 10.1 Å². The molecule has 0 bridgehead atoms. The Morgan fingerprint density at radius 2 is 2.19 bits per heavy atom. The smallest absolute Gasteiger partial charge is 0.304 e. The first-order valence-electron chi connectivity index (χ1n) is 5.90. The van der Waals surface area contributed by atoms with E-state index in [0.29, 0.717) is 6.54 Å². The Kier molecular flexibility index (Phi) is 4.38. The molecular weight excluding hydrogens is 316 g/mol. The summed E-state index contributed by atoms with van der Waals surface area (Å²) in [6, 6.07) is 5.81. The molecule has 0 aliphatic heterocycles. The zero-order valence-electron chi connectivity index (χ0n) is 10.9. The third-order valence-electron chi connectivity index (χ3n) is 2.39. The van der Waals surface area contributed by atoms with Crippen molar-refractivity contribution in [2.75, 3.05) is 16.6 Å². The molecule has 0 fully saturated rings. The Labute approximate surface area is 125 Å². The van der Waals surface area contributed by atoms with E-state index in [-0.39, 0.29) is 20.7 Å². The van der Waals surface area contributed by atoms with Crippen LogP contribution in [-0.2, 0) is 10.0 Å². The SMILES string of the molecule is CCNc1sc(S(=O)(=O)Nc2ccccn2)cc1[N+](=O)[O-]. The van der Waals surface area contributed by atoms with E-state index in [4.69, 9.17) is 0 Å². The fourth-order valence-electron chi connectivity index (χ4n) is 1.53. The second-order valence-electron chi connectivity index (χ2n) is 3.89. The van der Waals surface area contributed by atoms with E-state index in [0.717, 1.165) is 17.4 Å². The van der Waals surface area contributed by atoms with Crippen molar-refractivity contribution < 1.29 is 13.3 Å². The predicted molar refractivity (Wildman–Crippen MR) is 80.2 cm³/mol. The molecule has 0 amide bonds. The molecule has 0 spiro atoms. The number of hydrogen-bond acceptors (Lipinski definition) is 7. The minimum absolute atomic E-state index is 0.143. The van der Waals surface area contributed by atoms with E-state index in [1.165, 1.54) is 12.3 Å². The third kappa shape index (κ3) is 3.47. The zero-order valence-corrected chi connectivity index (χ0v) is 12.6. The molecule has 0 aliphatic rings. The molecule has 0 aromatic carbocycles. The van der Waals surface area contributed by atoms with Gasteiger partial charge in [0.1, 0.15) is 10.0 Å². The van der Waals surface area contributed by atoms with Gasteiger partial charge < -0.3 is 5.32 Å². The first-order valence-corrected chi connectivity index (χ1v) is 8.20. The average Bonchev–Trinajstić information content (AvgIpc) is 2.85. The van der Waals surface area contributed by atoms with E-state index in [2.05, 4.69) is 15.0 Å². The van der Waals surface area contributed by atoms with Crippen molar-refractivity contribution in [3.8, 4) is 0 Å². The number of nitrogens with one attached hydrogen (secondary N) is 2. The minimum atomic E-state index is -3.91. The van der Waals surface area contributed by atoms with Gasteiger partial charge in [0.05, 0.1) is 4.92 Å². The molecule has 21 heavy (non-hydrogen) atoms. The van der Waals surface area contributed by atoms with Gasteiger partial charge in [-0.15, -0.1) is 0 Å². The maximum absolute atomic E-state index is 12.2. The largest absolute Gasteiger partial charge is 0.372 e. The molecule has 0 unspecified atom stereocenters. The molecule has 2 heterocycles. The number of anilines is 2. The molecule has 2 aromatic rings. The molecule has 112 valence electrons. The van der Waals surface area contributed by atoms with E-state index in [1.807, 2.05) is 0 Å². The number of nitro groups is 1. The Morgan fingerprint density at radius 3 is 2.76 bits per heavy atom. The molecule has 0 saturated carbocycles. The first-order chi connectivity index (χ1) is 9.94. The number of sulfonamides is 1. The van der Waals surface area contributed by atoms with Crippen molar-refractivity contribution in [3.63, 3.8) is 0 Å². The van der Waals surface area contributed by atoms with Gasteiger partial charge in [-0.05, 0) is 19.1 Å². The van der Waals surface area contributed by atoms with Crippen LogP contribution in [0.1, 0.15) is 6.92 Å². The van der Waals surface area contributed by atoms with Gasteiger partial charge in [-0.25, -0.2) is 13.4 Å². The van der Waals surface area contributed by atoms with Crippen molar-refractivity contribution >= 4 is 37.9 Å². The van der Waals surface area contributed by atoms with Crippen molar-refractivity contribution in [1.82, 2.24) is 4.98 Å². The summed E-state index contributed by atoms with van der Waals surface area (Å²) in [6.45, 7) is 2.22. The second kappa shape index (κ2) is 6.06. The fraction of sp³-hybridized carbons (Fsp3) is 0.182. The number of nitrogens with zero attached hydrogens (tertiary/aromatic N) is 2. The standard InChI is InChI=1S/C11H12N4O4S2/c1-2-12-11-8(15(16)17)7-10(20-11)21(18,19)14-9-5-3-4-6-13-9/h3-7,12H,2H2,1H3,(H,13,14). The predicted octanol–water partition coefficient (Wildman–Crippen LogP) is 2.28. The van der Waals surface area contributed by atoms with Gasteiger partial charge in [-0.1, -0.05) is 17.4 Å². The van der Waals surface area contributed by atoms with Crippen molar-refractivity contribution in [2.45, 2.75) is 11.1 Å². The highest BCUT2D eigenvalue weighted by atomic mass is 32.2. The highest BCUT2D eigenvalue weighted by Gasteiger charge is 2.26. The van der Waals surface area contributed by atoms with Crippen LogP contribution in [-0.4, -0.2) is 24.9 Å². The number of hydrogen-bond donors (Lipinski definition) is 2. The van der Waals surface area contributed by atoms with Crippen LogP contribution in [0.5, 0.6) is 0 Å². The molecule has 0 saturated heterocycles. The Bertz CT molecular complexity index is 743. The van der Waals surface area contributed by atoms with Crippen LogP contribution in [0.25, 0.3) is 0 Å². The number of pyridine rings is 1. The summed E-state index contributed by atoms with van der Waals surface area (Å²) in [7, 11) is -3.91. The zero-order chi connectivity index (χ0) is 15.5. The van der Waals surface area contributed by atoms with Crippen molar-refractivity contribution in [3.05, 3.63) is 40.6 Å². The summed E-state index contributed by atoms with van der Waals surface area (Å²) in [5.74, 6) is 0.151. The molecule has 2 aromatic heterocycles.